The summed E-state index contributed by atoms with van der Waals surface area (Å²) in [6, 6.07) is 4.57. The SMILES string of the molecule is CCC(CC)C(CNC(=NCC(=O)N(C)C)NCc1cccs1)N1CCOCC1.I. The predicted octanol–water partition coefficient (Wildman–Crippen LogP) is 2.63. The number of hydrogen-bond donors (Lipinski definition) is 2. The van der Waals surface area contributed by atoms with Gasteiger partial charge in [-0.1, -0.05) is 32.8 Å². The van der Waals surface area contributed by atoms with Gasteiger partial charge in [0, 0.05) is 44.6 Å². The molecule has 1 saturated heterocycles. The van der Waals surface area contributed by atoms with Crippen LogP contribution in [0.5, 0.6) is 0 Å². The summed E-state index contributed by atoms with van der Waals surface area (Å²) >= 11 is 1.71. The van der Waals surface area contributed by atoms with Crippen molar-refractivity contribution in [2.24, 2.45) is 10.9 Å². The van der Waals surface area contributed by atoms with Crippen LogP contribution in [0, 0.1) is 5.92 Å². The highest BCUT2D eigenvalue weighted by atomic mass is 127. The standard InChI is InChI=1S/C21H37N5O2S.HI/c1-5-17(6-2)19(26-9-11-28-12-10-26)15-23-21(24-16-20(27)25(3)4)22-14-18-8-7-13-29-18;/h7-8,13,17,19H,5-6,9-12,14-16H2,1-4H3,(H2,22,23,24);1H. The van der Waals surface area contributed by atoms with E-state index in [1.807, 2.05) is 6.07 Å². The minimum atomic E-state index is -0.00746. The Balaban J connectivity index is 0.00000450. The zero-order chi connectivity index (χ0) is 21.1. The summed E-state index contributed by atoms with van der Waals surface area (Å²) in [6.45, 7) is 9.71. The van der Waals surface area contributed by atoms with E-state index in [1.165, 1.54) is 4.88 Å². The van der Waals surface area contributed by atoms with Gasteiger partial charge in [-0.15, -0.1) is 35.3 Å². The molecule has 0 aliphatic carbocycles. The van der Waals surface area contributed by atoms with Crippen LogP contribution >= 0.6 is 35.3 Å². The topological polar surface area (TPSA) is 69.2 Å². The van der Waals surface area contributed by atoms with Crippen LogP contribution in [0.2, 0.25) is 0 Å². The third kappa shape index (κ3) is 9.07. The molecule has 1 aliphatic rings. The van der Waals surface area contributed by atoms with Crippen LogP contribution in [0.25, 0.3) is 0 Å². The fraction of sp³-hybridized carbons (Fsp3) is 0.714. The van der Waals surface area contributed by atoms with Crippen LogP contribution in [0.4, 0.5) is 0 Å². The molecule has 1 atom stereocenters. The Morgan fingerprint density at radius 3 is 2.53 bits per heavy atom. The van der Waals surface area contributed by atoms with Gasteiger partial charge >= 0.3 is 0 Å². The molecule has 0 saturated carbocycles. The largest absolute Gasteiger partial charge is 0.379 e. The van der Waals surface area contributed by atoms with Crippen LogP contribution in [-0.4, -0.2) is 81.2 Å². The second-order valence-electron chi connectivity index (χ2n) is 7.56. The van der Waals surface area contributed by atoms with Crippen molar-refractivity contribution in [2.75, 3.05) is 53.5 Å². The van der Waals surface area contributed by atoms with E-state index in [1.54, 1.807) is 30.3 Å². The van der Waals surface area contributed by atoms with Gasteiger partial charge in [-0.3, -0.25) is 9.69 Å². The number of aliphatic imine (C=N–C) groups is 1. The van der Waals surface area contributed by atoms with Gasteiger partial charge in [0.05, 0.1) is 19.8 Å². The summed E-state index contributed by atoms with van der Waals surface area (Å²) < 4.78 is 5.55. The van der Waals surface area contributed by atoms with Crippen molar-refractivity contribution in [3.63, 3.8) is 0 Å². The van der Waals surface area contributed by atoms with Gasteiger partial charge in [0.25, 0.3) is 0 Å². The molecule has 1 aromatic heterocycles. The second kappa shape index (κ2) is 15.0. The Morgan fingerprint density at radius 1 is 1.27 bits per heavy atom. The van der Waals surface area contributed by atoms with Crippen molar-refractivity contribution in [3.8, 4) is 0 Å². The number of amides is 1. The van der Waals surface area contributed by atoms with Crippen molar-refractivity contribution in [1.82, 2.24) is 20.4 Å². The molecule has 30 heavy (non-hydrogen) atoms. The number of rotatable bonds is 10. The summed E-state index contributed by atoms with van der Waals surface area (Å²) in [6.07, 6.45) is 2.29. The van der Waals surface area contributed by atoms with Gasteiger partial charge in [-0.2, -0.15) is 0 Å². The summed E-state index contributed by atoms with van der Waals surface area (Å²) in [4.78, 5) is 21.9. The number of likely N-dealkylation sites (N-methyl/N-ethyl adjacent to an activating group) is 1. The molecule has 1 amide bonds. The van der Waals surface area contributed by atoms with E-state index in [2.05, 4.69) is 45.8 Å². The molecule has 7 nitrogen and oxygen atoms in total. The number of ether oxygens (including phenoxy) is 1. The molecule has 2 N–H and O–H groups in total. The maximum atomic E-state index is 12.0. The number of carbonyl (C=O) groups is 1. The van der Waals surface area contributed by atoms with Gasteiger partial charge in [0.1, 0.15) is 6.54 Å². The van der Waals surface area contributed by atoms with Gasteiger partial charge in [-0.05, 0) is 17.4 Å². The molecule has 0 radical (unpaired) electrons. The molecule has 1 fully saturated rings. The number of halogens is 1. The molecule has 0 spiro atoms. The Morgan fingerprint density at radius 2 is 1.97 bits per heavy atom. The highest BCUT2D eigenvalue weighted by molar-refractivity contribution is 14.0. The third-order valence-corrected chi connectivity index (χ3v) is 6.34. The van der Waals surface area contributed by atoms with Gasteiger partial charge in [0.2, 0.25) is 5.91 Å². The maximum absolute atomic E-state index is 12.0. The van der Waals surface area contributed by atoms with E-state index in [4.69, 9.17) is 4.74 Å². The van der Waals surface area contributed by atoms with Crippen LogP contribution in [0.15, 0.2) is 22.5 Å². The number of carbonyl (C=O) groups excluding carboxylic acids is 1. The molecule has 1 unspecified atom stereocenters. The average Bonchev–Trinajstić information content (AvgIpc) is 3.26. The van der Waals surface area contributed by atoms with E-state index in [0.717, 1.165) is 45.7 Å². The smallest absolute Gasteiger partial charge is 0.243 e. The highest BCUT2D eigenvalue weighted by Gasteiger charge is 2.27. The van der Waals surface area contributed by atoms with Crippen molar-refractivity contribution in [2.45, 2.75) is 39.3 Å². The predicted molar refractivity (Wildman–Crippen MR) is 136 cm³/mol. The number of nitrogens with zero attached hydrogens (tertiary/aromatic N) is 3. The highest BCUT2D eigenvalue weighted by Crippen LogP contribution is 2.19. The normalized spacial score (nSPS) is 16.1. The summed E-state index contributed by atoms with van der Waals surface area (Å²) in [5.41, 5.74) is 0. The molecule has 1 aliphatic heterocycles. The molecular weight excluding hydrogens is 513 g/mol. The molecule has 2 heterocycles. The first-order valence-electron chi connectivity index (χ1n) is 10.6. The second-order valence-corrected chi connectivity index (χ2v) is 8.59. The van der Waals surface area contributed by atoms with E-state index >= 15 is 0 Å². The average molecular weight is 552 g/mol. The third-order valence-electron chi connectivity index (χ3n) is 5.47. The van der Waals surface area contributed by atoms with Crippen LogP contribution in [0.3, 0.4) is 0 Å². The Bertz CT molecular complexity index is 617. The van der Waals surface area contributed by atoms with Crippen LogP contribution in [0.1, 0.15) is 31.6 Å². The van der Waals surface area contributed by atoms with Gasteiger partial charge in [0.15, 0.2) is 5.96 Å². The number of hydrogen-bond acceptors (Lipinski definition) is 5. The summed E-state index contributed by atoms with van der Waals surface area (Å²) in [7, 11) is 3.51. The minimum absolute atomic E-state index is 0. The quantitative estimate of drug-likeness (QED) is 0.266. The summed E-state index contributed by atoms with van der Waals surface area (Å²) in [5, 5.41) is 8.97. The van der Waals surface area contributed by atoms with E-state index in [0.29, 0.717) is 24.5 Å². The lowest BCUT2D eigenvalue weighted by molar-refractivity contribution is -0.127. The molecule has 172 valence electrons. The number of nitrogens with one attached hydrogen (secondary N) is 2. The monoisotopic (exact) mass is 551 g/mol. The zero-order valence-corrected chi connectivity index (χ0v) is 21.9. The minimum Gasteiger partial charge on any atom is -0.379 e. The van der Waals surface area contributed by atoms with Gasteiger partial charge in [-0.25, -0.2) is 4.99 Å². The first kappa shape index (κ1) is 27.1. The van der Waals surface area contributed by atoms with E-state index in [9.17, 15) is 4.79 Å². The number of guanidine groups is 1. The van der Waals surface area contributed by atoms with Crippen molar-refractivity contribution >= 4 is 47.2 Å². The molecule has 9 heteroatoms. The van der Waals surface area contributed by atoms with Crippen molar-refractivity contribution in [3.05, 3.63) is 22.4 Å². The molecule has 1 aromatic rings. The first-order valence-corrected chi connectivity index (χ1v) is 11.5. The molecular formula is C21H38IN5O2S. The maximum Gasteiger partial charge on any atom is 0.243 e. The summed E-state index contributed by atoms with van der Waals surface area (Å²) in [5.74, 6) is 1.30. The lowest BCUT2D eigenvalue weighted by Crippen LogP contribution is -2.53. The molecule has 0 aromatic carbocycles. The Labute approximate surface area is 202 Å². The first-order chi connectivity index (χ1) is 14.0. The molecule has 2 rings (SSSR count). The number of morpholine rings is 1. The fourth-order valence-electron chi connectivity index (χ4n) is 3.58. The van der Waals surface area contributed by atoms with Crippen LogP contribution < -0.4 is 10.6 Å². The lowest BCUT2D eigenvalue weighted by Gasteiger charge is -2.39. The lowest BCUT2D eigenvalue weighted by atomic mass is 9.92. The van der Waals surface area contributed by atoms with Gasteiger partial charge < -0.3 is 20.3 Å². The molecule has 0 bridgehead atoms. The van der Waals surface area contributed by atoms with Crippen LogP contribution in [-0.2, 0) is 16.1 Å². The van der Waals surface area contributed by atoms with E-state index < -0.39 is 0 Å². The Hall–Kier alpha value is -0.910. The zero-order valence-electron chi connectivity index (χ0n) is 18.7. The van der Waals surface area contributed by atoms with Crippen molar-refractivity contribution < 1.29 is 9.53 Å². The van der Waals surface area contributed by atoms with E-state index in [-0.39, 0.29) is 36.4 Å². The number of thiophene rings is 1. The van der Waals surface area contributed by atoms with Crippen molar-refractivity contribution in [1.29, 1.82) is 0 Å². The fourth-order valence-corrected chi connectivity index (χ4v) is 4.23. The Kier molecular flexibility index (Phi) is 13.5.